The quantitative estimate of drug-likeness (QED) is 0.725. The Balaban J connectivity index is 2.80. The Morgan fingerprint density at radius 2 is 2.07 bits per heavy atom. The summed E-state index contributed by atoms with van der Waals surface area (Å²) in [5.74, 6) is -1.33. The molecule has 0 bridgehead atoms. The molecule has 1 rings (SSSR count). The Kier molecular flexibility index (Phi) is 3.62. The number of carbonyl (C=O) groups excluding carboxylic acids is 1. The van der Waals surface area contributed by atoms with Gasteiger partial charge < -0.3 is 10.4 Å². The summed E-state index contributed by atoms with van der Waals surface area (Å²) in [5, 5.41) is 11.4. The van der Waals surface area contributed by atoms with E-state index >= 15 is 0 Å². The van der Waals surface area contributed by atoms with Crippen molar-refractivity contribution >= 4 is 11.9 Å². The van der Waals surface area contributed by atoms with E-state index in [-0.39, 0.29) is 18.0 Å². The first-order valence-corrected chi connectivity index (χ1v) is 4.36. The van der Waals surface area contributed by atoms with Crippen molar-refractivity contribution in [3.63, 3.8) is 0 Å². The van der Waals surface area contributed by atoms with Crippen LogP contribution in [-0.2, 0) is 11.3 Å². The molecule has 1 aromatic carbocycles. The van der Waals surface area contributed by atoms with Gasteiger partial charge in [-0.3, -0.25) is 4.79 Å². The zero-order valence-corrected chi connectivity index (χ0v) is 8.06. The minimum Gasteiger partial charge on any atom is -0.478 e. The van der Waals surface area contributed by atoms with E-state index in [4.69, 9.17) is 5.11 Å². The van der Waals surface area contributed by atoms with E-state index in [0.717, 1.165) is 6.08 Å². The molecular weight excluding hydrogens is 194 g/mol. The highest BCUT2D eigenvalue weighted by molar-refractivity contribution is 5.90. The van der Waals surface area contributed by atoms with Crippen LogP contribution in [-0.4, -0.2) is 17.0 Å². The van der Waals surface area contributed by atoms with Crippen LogP contribution in [0.25, 0.3) is 0 Å². The van der Waals surface area contributed by atoms with Crippen molar-refractivity contribution in [2.24, 2.45) is 0 Å². The van der Waals surface area contributed by atoms with Crippen LogP contribution in [0.3, 0.4) is 0 Å². The van der Waals surface area contributed by atoms with Crippen LogP contribution in [0.5, 0.6) is 0 Å². The molecule has 0 saturated carbocycles. The number of aromatic carboxylic acids is 1. The maximum Gasteiger partial charge on any atom is 0.336 e. The lowest BCUT2D eigenvalue weighted by atomic mass is 10.1. The Morgan fingerprint density at radius 3 is 2.67 bits per heavy atom. The van der Waals surface area contributed by atoms with Gasteiger partial charge in [-0.1, -0.05) is 24.8 Å². The molecule has 0 unspecified atom stereocenters. The van der Waals surface area contributed by atoms with Gasteiger partial charge in [-0.15, -0.1) is 0 Å². The average molecular weight is 205 g/mol. The number of nitrogens with one attached hydrogen (secondary N) is 1. The van der Waals surface area contributed by atoms with Gasteiger partial charge in [-0.25, -0.2) is 4.79 Å². The zero-order chi connectivity index (χ0) is 11.3. The molecule has 0 heterocycles. The highest BCUT2D eigenvalue weighted by Crippen LogP contribution is 2.08. The van der Waals surface area contributed by atoms with Crippen LogP contribution in [0.4, 0.5) is 0 Å². The van der Waals surface area contributed by atoms with Crippen LogP contribution in [0.15, 0.2) is 36.9 Å². The number of rotatable bonds is 4. The number of carboxylic acids is 1. The highest BCUT2D eigenvalue weighted by Gasteiger charge is 2.08. The summed E-state index contributed by atoms with van der Waals surface area (Å²) in [4.78, 5) is 21.7. The standard InChI is InChI=1S/C11H11NO3/c1-2-10(13)12-7-8-5-3-4-6-9(8)11(14)15/h2-6H,1,7H2,(H,12,13)(H,14,15). The van der Waals surface area contributed by atoms with Crippen molar-refractivity contribution in [1.29, 1.82) is 0 Å². The first kappa shape index (κ1) is 11.0. The van der Waals surface area contributed by atoms with Crippen molar-refractivity contribution in [2.45, 2.75) is 6.54 Å². The van der Waals surface area contributed by atoms with Gasteiger partial charge in [0.05, 0.1) is 5.56 Å². The minimum absolute atomic E-state index is 0.188. The molecule has 0 aliphatic heterocycles. The maximum atomic E-state index is 10.9. The molecule has 15 heavy (non-hydrogen) atoms. The summed E-state index contributed by atoms with van der Waals surface area (Å²) in [6, 6.07) is 6.52. The van der Waals surface area contributed by atoms with E-state index in [1.165, 1.54) is 6.07 Å². The molecule has 1 amide bonds. The fourth-order valence-corrected chi connectivity index (χ4v) is 1.14. The molecule has 4 heteroatoms. The number of hydrogen-bond acceptors (Lipinski definition) is 2. The molecule has 1 aromatic rings. The van der Waals surface area contributed by atoms with E-state index < -0.39 is 5.97 Å². The normalized spacial score (nSPS) is 9.33. The van der Waals surface area contributed by atoms with Gasteiger partial charge in [0.25, 0.3) is 0 Å². The van der Waals surface area contributed by atoms with Crippen molar-refractivity contribution in [1.82, 2.24) is 5.32 Å². The molecule has 78 valence electrons. The van der Waals surface area contributed by atoms with E-state index in [1.807, 2.05) is 0 Å². The number of carbonyl (C=O) groups is 2. The first-order valence-electron chi connectivity index (χ1n) is 4.36. The lowest BCUT2D eigenvalue weighted by molar-refractivity contribution is -0.116. The fraction of sp³-hybridized carbons (Fsp3) is 0.0909. The monoisotopic (exact) mass is 205 g/mol. The highest BCUT2D eigenvalue weighted by atomic mass is 16.4. The van der Waals surface area contributed by atoms with Crippen molar-refractivity contribution in [2.75, 3.05) is 0 Å². The third-order valence-electron chi connectivity index (χ3n) is 1.89. The Bertz CT molecular complexity index is 399. The Morgan fingerprint density at radius 1 is 1.40 bits per heavy atom. The van der Waals surface area contributed by atoms with Gasteiger partial charge in [-0.05, 0) is 17.7 Å². The van der Waals surface area contributed by atoms with Gasteiger partial charge >= 0.3 is 5.97 Å². The van der Waals surface area contributed by atoms with Crippen LogP contribution in [0, 0.1) is 0 Å². The zero-order valence-electron chi connectivity index (χ0n) is 8.06. The first-order chi connectivity index (χ1) is 7.15. The van der Waals surface area contributed by atoms with Crippen LogP contribution in [0.2, 0.25) is 0 Å². The van der Waals surface area contributed by atoms with Crippen molar-refractivity contribution in [3.05, 3.63) is 48.0 Å². The molecule has 0 radical (unpaired) electrons. The van der Waals surface area contributed by atoms with Crippen molar-refractivity contribution < 1.29 is 14.7 Å². The van der Waals surface area contributed by atoms with Gasteiger partial charge in [0, 0.05) is 6.54 Å². The van der Waals surface area contributed by atoms with E-state index in [2.05, 4.69) is 11.9 Å². The predicted octanol–water partition coefficient (Wildman–Crippen LogP) is 1.19. The summed E-state index contributed by atoms with van der Waals surface area (Å²) in [5.41, 5.74) is 0.766. The smallest absolute Gasteiger partial charge is 0.336 e. The number of hydrogen-bond donors (Lipinski definition) is 2. The van der Waals surface area contributed by atoms with Crippen molar-refractivity contribution in [3.8, 4) is 0 Å². The average Bonchev–Trinajstić information content (AvgIpc) is 2.26. The summed E-state index contributed by atoms with van der Waals surface area (Å²) in [7, 11) is 0. The fourth-order valence-electron chi connectivity index (χ4n) is 1.14. The lowest BCUT2D eigenvalue weighted by Gasteiger charge is -2.05. The molecule has 4 nitrogen and oxygen atoms in total. The molecule has 2 N–H and O–H groups in total. The van der Waals surface area contributed by atoms with Crippen LogP contribution >= 0.6 is 0 Å². The van der Waals surface area contributed by atoms with Gasteiger partial charge in [0.1, 0.15) is 0 Å². The molecule has 0 atom stereocenters. The second-order valence-electron chi connectivity index (χ2n) is 2.88. The Hall–Kier alpha value is -2.10. The SMILES string of the molecule is C=CC(=O)NCc1ccccc1C(=O)O. The van der Waals surface area contributed by atoms with E-state index in [9.17, 15) is 9.59 Å². The van der Waals surface area contributed by atoms with Gasteiger partial charge in [0.15, 0.2) is 0 Å². The molecular formula is C11H11NO3. The van der Waals surface area contributed by atoms with Gasteiger partial charge in [0.2, 0.25) is 5.91 Å². The van der Waals surface area contributed by atoms with Gasteiger partial charge in [-0.2, -0.15) is 0 Å². The lowest BCUT2D eigenvalue weighted by Crippen LogP contribution is -2.21. The molecule has 0 aliphatic rings. The topological polar surface area (TPSA) is 66.4 Å². The molecule has 0 aliphatic carbocycles. The molecule has 0 fully saturated rings. The second-order valence-corrected chi connectivity index (χ2v) is 2.88. The molecule has 0 saturated heterocycles. The summed E-state index contributed by atoms with van der Waals surface area (Å²) >= 11 is 0. The Labute approximate surface area is 87.2 Å². The summed E-state index contributed by atoms with van der Waals surface area (Å²) in [6.07, 6.45) is 1.14. The van der Waals surface area contributed by atoms with Crippen LogP contribution in [0.1, 0.15) is 15.9 Å². The molecule has 0 spiro atoms. The number of amides is 1. The maximum absolute atomic E-state index is 10.9. The minimum atomic E-state index is -1.00. The third-order valence-corrected chi connectivity index (χ3v) is 1.89. The predicted molar refractivity (Wildman–Crippen MR) is 55.4 cm³/mol. The van der Waals surface area contributed by atoms with E-state index in [0.29, 0.717) is 5.56 Å². The number of benzene rings is 1. The van der Waals surface area contributed by atoms with Crippen LogP contribution < -0.4 is 5.32 Å². The second kappa shape index (κ2) is 4.95. The molecule has 0 aromatic heterocycles. The largest absolute Gasteiger partial charge is 0.478 e. The third kappa shape index (κ3) is 2.95. The summed E-state index contributed by atoms with van der Waals surface area (Å²) < 4.78 is 0. The summed E-state index contributed by atoms with van der Waals surface area (Å²) in [6.45, 7) is 3.49. The van der Waals surface area contributed by atoms with E-state index in [1.54, 1.807) is 18.2 Å². The number of carboxylic acid groups (broad SMARTS) is 1.